The highest BCUT2D eigenvalue weighted by molar-refractivity contribution is 5.75. The predicted octanol–water partition coefficient (Wildman–Crippen LogP) is 3.16. The Morgan fingerprint density at radius 3 is 1.95 bits per heavy atom. The predicted molar refractivity (Wildman–Crippen MR) is 89.3 cm³/mol. The van der Waals surface area contributed by atoms with Crippen molar-refractivity contribution in [2.75, 3.05) is 20.6 Å². The molecule has 0 unspecified atom stereocenters. The molecule has 0 aliphatic rings. The Hall–Kier alpha value is -1.35. The number of carbonyl (C=O) groups is 1. The summed E-state index contributed by atoms with van der Waals surface area (Å²) >= 11 is 0. The molecule has 0 fully saturated rings. The molecule has 1 rings (SSSR count). The molecule has 0 aromatic heterocycles. The summed E-state index contributed by atoms with van der Waals surface area (Å²) in [6.45, 7) is 0.811. The van der Waals surface area contributed by atoms with E-state index in [0.29, 0.717) is 6.42 Å². The third kappa shape index (κ3) is 7.86. The van der Waals surface area contributed by atoms with E-state index in [0.717, 1.165) is 32.2 Å². The van der Waals surface area contributed by atoms with Crippen LogP contribution in [0.2, 0.25) is 0 Å². The largest absolute Gasteiger partial charge is 0.349 e. The number of hydrogen-bond donors (Lipinski definition) is 1. The maximum absolute atomic E-state index is 11.5. The highest BCUT2D eigenvalue weighted by Gasteiger charge is 2.03. The van der Waals surface area contributed by atoms with E-state index in [4.69, 9.17) is 5.73 Å². The summed E-state index contributed by atoms with van der Waals surface area (Å²) < 4.78 is 0. The van der Waals surface area contributed by atoms with E-state index in [1.165, 1.54) is 30.4 Å². The van der Waals surface area contributed by atoms with Crippen LogP contribution in [0.1, 0.15) is 49.7 Å². The van der Waals surface area contributed by atoms with Crippen LogP contribution in [0.25, 0.3) is 0 Å². The molecule has 0 spiro atoms. The molecule has 118 valence electrons. The van der Waals surface area contributed by atoms with Crippen molar-refractivity contribution in [1.29, 1.82) is 0 Å². The highest BCUT2D eigenvalue weighted by atomic mass is 16.2. The first kappa shape index (κ1) is 17.7. The molecule has 0 aliphatic heterocycles. The summed E-state index contributed by atoms with van der Waals surface area (Å²) in [5.41, 5.74) is 8.23. The normalized spacial score (nSPS) is 10.6. The third-order valence-electron chi connectivity index (χ3n) is 3.80. The summed E-state index contributed by atoms with van der Waals surface area (Å²) in [6, 6.07) is 8.86. The molecular formula is C18H30N2O. The monoisotopic (exact) mass is 290 g/mol. The Kier molecular flexibility index (Phi) is 8.76. The fraction of sp³-hybridized carbons (Fsp3) is 0.611. The van der Waals surface area contributed by atoms with E-state index >= 15 is 0 Å². The number of amides is 1. The number of hydrogen-bond acceptors (Lipinski definition) is 2. The molecule has 0 bridgehead atoms. The molecular weight excluding hydrogens is 260 g/mol. The van der Waals surface area contributed by atoms with Crippen molar-refractivity contribution >= 4 is 5.91 Å². The maximum Gasteiger partial charge on any atom is 0.222 e. The van der Waals surface area contributed by atoms with Crippen molar-refractivity contribution in [1.82, 2.24) is 4.90 Å². The fourth-order valence-electron chi connectivity index (χ4n) is 2.37. The Labute approximate surface area is 129 Å². The van der Waals surface area contributed by atoms with Gasteiger partial charge in [-0.15, -0.1) is 0 Å². The van der Waals surface area contributed by atoms with E-state index in [2.05, 4.69) is 24.3 Å². The van der Waals surface area contributed by atoms with E-state index < -0.39 is 0 Å². The van der Waals surface area contributed by atoms with Gasteiger partial charge in [0, 0.05) is 20.5 Å². The van der Waals surface area contributed by atoms with Crippen molar-refractivity contribution in [3.63, 3.8) is 0 Å². The van der Waals surface area contributed by atoms with Crippen LogP contribution < -0.4 is 5.73 Å². The Balaban J connectivity index is 2.22. The smallest absolute Gasteiger partial charge is 0.222 e. The van der Waals surface area contributed by atoms with Crippen LogP contribution >= 0.6 is 0 Å². The van der Waals surface area contributed by atoms with Crippen molar-refractivity contribution < 1.29 is 4.79 Å². The lowest BCUT2D eigenvalue weighted by Crippen LogP contribution is -2.21. The molecule has 21 heavy (non-hydrogen) atoms. The van der Waals surface area contributed by atoms with Gasteiger partial charge in [-0.2, -0.15) is 0 Å². The first-order valence-electron chi connectivity index (χ1n) is 8.11. The van der Waals surface area contributed by atoms with E-state index in [1.54, 1.807) is 4.90 Å². The van der Waals surface area contributed by atoms with Gasteiger partial charge >= 0.3 is 0 Å². The molecule has 0 aliphatic carbocycles. The minimum absolute atomic E-state index is 0.212. The van der Waals surface area contributed by atoms with Crippen LogP contribution in [-0.2, 0) is 17.6 Å². The van der Waals surface area contributed by atoms with Gasteiger partial charge in [-0.05, 0) is 49.8 Å². The first-order valence-corrected chi connectivity index (χ1v) is 8.11. The molecule has 1 amide bonds. The minimum Gasteiger partial charge on any atom is -0.349 e. The van der Waals surface area contributed by atoms with E-state index in [9.17, 15) is 4.79 Å². The lowest BCUT2D eigenvalue weighted by atomic mass is 10.0. The molecule has 1 aromatic rings. The molecule has 0 atom stereocenters. The second kappa shape index (κ2) is 10.4. The molecule has 0 saturated heterocycles. The van der Waals surface area contributed by atoms with Gasteiger partial charge in [-0.25, -0.2) is 0 Å². The van der Waals surface area contributed by atoms with Crippen molar-refractivity contribution in [3.8, 4) is 0 Å². The van der Waals surface area contributed by atoms with Gasteiger partial charge in [0.25, 0.3) is 0 Å². The molecule has 0 heterocycles. The first-order chi connectivity index (χ1) is 10.1. The second-order valence-corrected chi connectivity index (χ2v) is 5.91. The van der Waals surface area contributed by atoms with Crippen LogP contribution in [0, 0.1) is 0 Å². The standard InChI is InChI=1S/C18H30N2O/c1-20(2)18(21)10-7-9-17-13-11-16(12-14-17)8-5-3-4-6-15-19/h11-14H,3-10,15,19H2,1-2H3. The van der Waals surface area contributed by atoms with Gasteiger partial charge in [-0.1, -0.05) is 37.1 Å². The quantitative estimate of drug-likeness (QED) is 0.673. The fourth-order valence-corrected chi connectivity index (χ4v) is 2.37. The Morgan fingerprint density at radius 2 is 1.43 bits per heavy atom. The number of benzene rings is 1. The minimum atomic E-state index is 0.212. The van der Waals surface area contributed by atoms with Crippen molar-refractivity contribution in [3.05, 3.63) is 35.4 Å². The van der Waals surface area contributed by atoms with E-state index in [1.807, 2.05) is 14.1 Å². The van der Waals surface area contributed by atoms with Crippen LogP contribution in [0.5, 0.6) is 0 Å². The highest BCUT2D eigenvalue weighted by Crippen LogP contribution is 2.11. The maximum atomic E-state index is 11.5. The average molecular weight is 290 g/mol. The van der Waals surface area contributed by atoms with Crippen molar-refractivity contribution in [2.45, 2.75) is 51.4 Å². The zero-order valence-corrected chi connectivity index (χ0v) is 13.6. The van der Waals surface area contributed by atoms with Gasteiger partial charge in [-0.3, -0.25) is 4.79 Å². The Morgan fingerprint density at radius 1 is 0.905 bits per heavy atom. The summed E-state index contributed by atoms with van der Waals surface area (Å²) in [6.07, 6.45) is 8.60. The number of nitrogens with two attached hydrogens (primary N) is 1. The zero-order valence-electron chi connectivity index (χ0n) is 13.6. The molecule has 2 N–H and O–H groups in total. The number of rotatable bonds is 10. The lowest BCUT2D eigenvalue weighted by molar-refractivity contribution is -0.128. The van der Waals surface area contributed by atoms with Gasteiger partial charge in [0.05, 0.1) is 0 Å². The molecule has 3 heteroatoms. The average Bonchev–Trinajstić information content (AvgIpc) is 2.48. The van der Waals surface area contributed by atoms with E-state index in [-0.39, 0.29) is 5.91 Å². The molecule has 0 radical (unpaired) electrons. The van der Waals surface area contributed by atoms with Gasteiger partial charge in [0.15, 0.2) is 0 Å². The number of aryl methyl sites for hydroxylation is 2. The summed E-state index contributed by atoms with van der Waals surface area (Å²) in [5.74, 6) is 0.212. The van der Waals surface area contributed by atoms with Crippen LogP contribution in [0.15, 0.2) is 24.3 Å². The second-order valence-electron chi connectivity index (χ2n) is 5.91. The SMILES string of the molecule is CN(C)C(=O)CCCc1ccc(CCCCCCN)cc1. The van der Waals surface area contributed by atoms with Crippen LogP contribution in [0.4, 0.5) is 0 Å². The number of carbonyl (C=O) groups excluding carboxylic acids is 1. The molecule has 0 saturated carbocycles. The number of nitrogens with zero attached hydrogens (tertiary/aromatic N) is 1. The molecule has 3 nitrogen and oxygen atoms in total. The lowest BCUT2D eigenvalue weighted by Gasteiger charge is -2.09. The summed E-state index contributed by atoms with van der Waals surface area (Å²) in [5, 5.41) is 0. The summed E-state index contributed by atoms with van der Waals surface area (Å²) in [4.78, 5) is 13.2. The van der Waals surface area contributed by atoms with Gasteiger partial charge in [0.2, 0.25) is 5.91 Å². The third-order valence-corrected chi connectivity index (χ3v) is 3.80. The number of unbranched alkanes of at least 4 members (excludes halogenated alkanes) is 3. The zero-order chi connectivity index (χ0) is 15.5. The van der Waals surface area contributed by atoms with Gasteiger partial charge < -0.3 is 10.6 Å². The van der Waals surface area contributed by atoms with Crippen LogP contribution in [-0.4, -0.2) is 31.4 Å². The summed E-state index contributed by atoms with van der Waals surface area (Å²) in [7, 11) is 3.62. The molecule has 1 aromatic carbocycles. The van der Waals surface area contributed by atoms with Gasteiger partial charge in [0.1, 0.15) is 0 Å². The Bertz CT molecular complexity index is 398. The van der Waals surface area contributed by atoms with Crippen molar-refractivity contribution in [2.24, 2.45) is 5.73 Å². The van der Waals surface area contributed by atoms with Crippen LogP contribution in [0.3, 0.4) is 0 Å². The topological polar surface area (TPSA) is 46.3 Å².